The summed E-state index contributed by atoms with van der Waals surface area (Å²) in [5.74, 6) is -0.940. The highest BCUT2D eigenvalue weighted by molar-refractivity contribution is 8.07. The molecule has 4 rings (SSSR count). The number of carbonyl (C=O) groups is 2. The smallest absolute Gasteiger partial charge is 0.353 e. The fourth-order valence-electron chi connectivity index (χ4n) is 2.78. The number of pyridine rings is 1. The van der Waals surface area contributed by atoms with Crippen LogP contribution in [0, 0.1) is 0 Å². The maximum Gasteiger partial charge on any atom is 0.353 e. The first-order valence-electron chi connectivity index (χ1n) is 7.71. The molecule has 2 aromatic heterocycles. The van der Waals surface area contributed by atoms with Crippen LogP contribution >= 0.6 is 47.3 Å². The largest absolute Gasteiger partial charge is 1.00 e. The van der Waals surface area contributed by atoms with Gasteiger partial charge in [-0.3, -0.25) is 9.69 Å². The van der Waals surface area contributed by atoms with Gasteiger partial charge in [-0.25, -0.2) is 14.3 Å². The predicted octanol–water partition coefficient (Wildman–Crippen LogP) is -2.13. The van der Waals surface area contributed by atoms with Crippen LogP contribution in [-0.2, 0) is 16.6 Å². The number of carboxylic acids is 1. The molecule has 5 N–H and O–H groups in total. The third-order valence-corrected chi connectivity index (χ3v) is 7.65. The summed E-state index contributed by atoms with van der Waals surface area (Å²) in [6.07, 6.45) is 3.90. The average molecular weight is 497 g/mol. The van der Waals surface area contributed by atoms with E-state index in [2.05, 4.69) is 4.98 Å². The Morgan fingerprint density at radius 2 is 2.07 bits per heavy atom. The number of amides is 1. The number of hydrogen-bond donors (Lipinski definition) is 2. The fourth-order valence-corrected chi connectivity index (χ4v) is 6.19. The van der Waals surface area contributed by atoms with Crippen molar-refractivity contribution in [3.05, 3.63) is 40.5 Å². The third-order valence-electron chi connectivity index (χ3n) is 4.14. The van der Waals surface area contributed by atoms with Crippen LogP contribution in [0.15, 0.2) is 44.8 Å². The molecule has 0 aromatic carbocycles. The second-order valence-corrected chi connectivity index (χ2v) is 9.17. The molecule has 0 bridgehead atoms. The number of aryl methyl sites for hydroxylation is 1. The van der Waals surface area contributed by atoms with Gasteiger partial charge in [0.1, 0.15) is 24.2 Å². The number of thiazole rings is 1. The van der Waals surface area contributed by atoms with Crippen LogP contribution in [0.4, 0.5) is 0 Å². The van der Waals surface area contributed by atoms with Gasteiger partial charge < -0.3 is 28.7 Å². The van der Waals surface area contributed by atoms with Gasteiger partial charge >= 0.3 is 5.97 Å². The summed E-state index contributed by atoms with van der Waals surface area (Å²) in [7, 11) is 1.95. The highest BCUT2D eigenvalue weighted by Crippen LogP contribution is 2.45. The Kier molecular flexibility index (Phi) is 8.96. The van der Waals surface area contributed by atoms with Crippen LogP contribution in [0.3, 0.4) is 0 Å². The molecule has 0 aliphatic carbocycles. The van der Waals surface area contributed by atoms with E-state index < -0.39 is 12.0 Å². The number of nitrogens with two attached hydrogens (primary N) is 1. The van der Waals surface area contributed by atoms with E-state index in [1.165, 1.54) is 39.8 Å². The molecule has 0 saturated carbocycles. The van der Waals surface area contributed by atoms with Gasteiger partial charge in [0.05, 0.1) is 5.69 Å². The van der Waals surface area contributed by atoms with Crippen molar-refractivity contribution >= 4 is 59.1 Å². The van der Waals surface area contributed by atoms with Crippen LogP contribution in [0.25, 0.3) is 11.3 Å². The second kappa shape index (κ2) is 10.1. The second-order valence-electron chi connectivity index (χ2n) is 5.87. The van der Waals surface area contributed by atoms with E-state index in [0.29, 0.717) is 10.7 Å². The van der Waals surface area contributed by atoms with Crippen LogP contribution in [0.1, 0.15) is 0 Å². The van der Waals surface area contributed by atoms with Crippen LogP contribution < -0.4 is 22.7 Å². The number of fused-ring (bicyclic) bond motifs is 1. The summed E-state index contributed by atoms with van der Waals surface area (Å²) < 4.78 is 2.69. The first-order chi connectivity index (χ1) is 12.5. The third kappa shape index (κ3) is 4.71. The van der Waals surface area contributed by atoms with Crippen molar-refractivity contribution in [2.45, 2.75) is 15.8 Å². The molecule has 13 heteroatoms. The Hall–Kier alpha value is -1.34. The van der Waals surface area contributed by atoms with E-state index in [9.17, 15) is 14.7 Å². The van der Waals surface area contributed by atoms with Crippen molar-refractivity contribution in [3.63, 3.8) is 0 Å². The first-order valence-corrected chi connectivity index (χ1v) is 10.5. The van der Waals surface area contributed by atoms with Gasteiger partial charge in [-0.2, -0.15) is 0 Å². The van der Waals surface area contributed by atoms with E-state index in [1.807, 2.05) is 41.5 Å². The summed E-state index contributed by atoms with van der Waals surface area (Å²) in [6, 6.07) is 3.34. The number of nitrogens with zero attached hydrogens (tertiary/aromatic N) is 3. The lowest BCUT2D eigenvalue weighted by Crippen LogP contribution is -3.00. The van der Waals surface area contributed by atoms with E-state index in [1.54, 1.807) is 0 Å². The van der Waals surface area contributed by atoms with E-state index in [-0.39, 0.29) is 47.3 Å². The van der Waals surface area contributed by atoms with Gasteiger partial charge in [0.25, 0.3) is 0 Å². The predicted molar refractivity (Wildman–Crippen MR) is 111 cm³/mol. The monoisotopic (exact) mass is 496 g/mol. The number of thioether (sulfide) groups is 2. The number of aliphatic carboxylic acids is 1. The number of carbonyl (C=O) groups excluding carboxylic acids is 1. The molecule has 0 radical (unpaired) electrons. The van der Waals surface area contributed by atoms with E-state index in [4.69, 9.17) is 5.73 Å². The zero-order valence-electron chi connectivity index (χ0n) is 14.9. The molecule has 2 aliphatic rings. The summed E-state index contributed by atoms with van der Waals surface area (Å²) >= 11 is 4.26. The molecule has 0 spiro atoms. The minimum Gasteiger partial charge on any atom is -1.00 e. The van der Waals surface area contributed by atoms with Gasteiger partial charge in [0.2, 0.25) is 5.91 Å². The lowest BCUT2D eigenvalue weighted by Gasteiger charge is -2.47. The molecule has 1 amide bonds. The van der Waals surface area contributed by atoms with Crippen LogP contribution in [0.2, 0.25) is 0 Å². The van der Waals surface area contributed by atoms with Gasteiger partial charge in [-0.1, -0.05) is 11.8 Å². The van der Waals surface area contributed by atoms with Crippen molar-refractivity contribution in [1.29, 1.82) is 0 Å². The highest BCUT2D eigenvalue weighted by Gasteiger charge is 2.52. The van der Waals surface area contributed by atoms with Crippen molar-refractivity contribution in [2.24, 2.45) is 12.8 Å². The average Bonchev–Trinajstić information content (AvgIpc) is 3.09. The first kappa shape index (κ1) is 25.7. The maximum atomic E-state index is 12.0. The van der Waals surface area contributed by atoms with Gasteiger partial charge in [-0.15, -0.1) is 35.5 Å². The quantitative estimate of drug-likeness (QED) is 0.364. The van der Waals surface area contributed by atoms with Gasteiger partial charge in [0.15, 0.2) is 16.7 Å². The van der Waals surface area contributed by atoms with Gasteiger partial charge in [0, 0.05) is 33.7 Å². The number of β-lactam (4-membered cyclic amide) rings is 1. The molecule has 0 unspecified atom stereocenters. The van der Waals surface area contributed by atoms with E-state index in [0.717, 1.165) is 15.6 Å². The van der Waals surface area contributed by atoms with E-state index >= 15 is 0 Å². The zero-order chi connectivity index (χ0) is 18.4. The molecular formula is C16H18Cl2N4O4S3. The Labute approximate surface area is 191 Å². The lowest BCUT2D eigenvalue weighted by atomic mass is 10.1. The molecule has 8 nitrogen and oxygen atoms in total. The summed E-state index contributed by atoms with van der Waals surface area (Å²) in [4.78, 5) is 30.2. The topological polar surface area (TPSA) is 132 Å². The maximum absolute atomic E-state index is 12.0. The molecule has 2 aliphatic heterocycles. The molecule has 29 heavy (non-hydrogen) atoms. The number of carboxylic acid groups (broad SMARTS) is 1. The van der Waals surface area contributed by atoms with Crippen LogP contribution in [0.5, 0.6) is 0 Å². The molecule has 4 heterocycles. The zero-order valence-corrected chi connectivity index (χ0v) is 19.0. The molecule has 1 fully saturated rings. The van der Waals surface area contributed by atoms with Crippen molar-refractivity contribution < 1.29 is 37.1 Å². The number of aromatic nitrogens is 2. The Morgan fingerprint density at radius 3 is 2.69 bits per heavy atom. The normalized spacial score (nSPS) is 19.9. The lowest BCUT2D eigenvalue weighted by molar-refractivity contribution is -0.671. The summed E-state index contributed by atoms with van der Waals surface area (Å²) in [5.41, 5.74) is 7.65. The standard InChI is InChI=1S/C16H14N4O3S3.2ClH.H2O/c1-19-4-2-8(3-5-19)9-6-25-16(18-9)26-10-7-24-14-11(17)13(21)20(14)12(10)15(22)23;;;/h2-6,11,14H,7,17H2,1H3;2*1H;1H2/t11-,14-;;;/m1.../s1. The van der Waals surface area contributed by atoms with Gasteiger partial charge in [-0.05, 0) is 0 Å². The summed E-state index contributed by atoms with van der Waals surface area (Å²) in [6.45, 7) is 0. The fraction of sp³-hybridized carbons (Fsp3) is 0.250. The molecule has 2 atom stereocenters. The SMILES string of the molecule is C[n+]1ccc(-c2csc(SC3=C(C(=O)O)N4C(=O)[C@@H](N)[C@H]4SC3)n2)cc1.Cl.O.[Cl-]. The van der Waals surface area contributed by atoms with Crippen molar-refractivity contribution in [2.75, 3.05) is 5.75 Å². The minimum absolute atomic E-state index is 0. The Morgan fingerprint density at radius 1 is 1.41 bits per heavy atom. The molecule has 1 saturated heterocycles. The Bertz CT molecular complexity index is 939. The number of rotatable bonds is 4. The van der Waals surface area contributed by atoms with Crippen molar-refractivity contribution in [1.82, 2.24) is 9.88 Å². The van der Waals surface area contributed by atoms with Crippen molar-refractivity contribution in [3.8, 4) is 11.3 Å². The molecule has 158 valence electrons. The Balaban J connectivity index is 0.00000140. The highest BCUT2D eigenvalue weighted by atomic mass is 35.5. The number of halogens is 2. The number of hydrogen-bond acceptors (Lipinski definition) is 7. The molecular weight excluding hydrogens is 479 g/mol. The summed E-state index contributed by atoms with van der Waals surface area (Å²) in [5, 5.41) is 11.3. The van der Waals surface area contributed by atoms with Crippen LogP contribution in [-0.4, -0.2) is 49.5 Å². The molecule has 2 aromatic rings. The minimum atomic E-state index is -1.11.